The maximum absolute atomic E-state index is 12.5. The Morgan fingerprint density at radius 1 is 0.824 bits per heavy atom. The molecule has 0 amide bonds. The van der Waals surface area contributed by atoms with Gasteiger partial charge in [-0.15, -0.1) is 0 Å². The number of benzene rings is 2. The second-order valence-electron chi connectivity index (χ2n) is 8.63. The van der Waals surface area contributed by atoms with Crippen LogP contribution in [-0.4, -0.2) is 47.1 Å². The third-order valence-corrected chi connectivity index (χ3v) is 6.30. The Morgan fingerprint density at radius 2 is 1.44 bits per heavy atom. The summed E-state index contributed by atoms with van der Waals surface area (Å²) < 4.78 is 27.7. The summed E-state index contributed by atoms with van der Waals surface area (Å²) in [6, 6.07) is 11.8. The average molecular weight is 472 g/mol. The summed E-state index contributed by atoms with van der Waals surface area (Å²) in [4.78, 5) is 12.5. The fraction of sp³-hybridized carbons (Fsp3) is 0.519. The second-order valence-corrected chi connectivity index (χ2v) is 8.63. The van der Waals surface area contributed by atoms with E-state index in [0.717, 1.165) is 55.5 Å². The van der Waals surface area contributed by atoms with E-state index in [9.17, 15) is 4.79 Å². The highest BCUT2D eigenvalue weighted by molar-refractivity contribution is 5.75. The van der Waals surface area contributed by atoms with E-state index >= 15 is 0 Å². The average Bonchev–Trinajstić information content (AvgIpc) is 3.20. The molecule has 0 saturated carbocycles. The molecule has 34 heavy (non-hydrogen) atoms. The second kappa shape index (κ2) is 13.1. The van der Waals surface area contributed by atoms with Crippen molar-refractivity contribution in [2.45, 2.75) is 38.5 Å². The first-order chi connectivity index (χ1) is 16.6. The molecule has 3 rings (SSSR count). The molecule has 0 radical (unpaired) electrons. The number of rotatable bonds is 14. The smallest absolute Gasteiger partial charge is 0.309 e. The van der Waals surface area contributed by atoms with Gasteiger partial charge in [0.25, 0.3) is 0 Å². The number of unbranched alkanes of at least 4 members (excludes halogenated alkanes) is 3. The van der Waals surface area contributed by atoms with Crippen LogP contribution in [0.4, 0.5) is 0 Å². The molecule has 7 heteroatoms. The predicted molar refractivity (Wildman–Crippen MR) is 131 cm³/mol. The van der Waals surface area contributed by atoms with E-state index in [1.165, 1.54) is 0 Å². The van der Waals surface area contributed by atoms with Crippen LogP contribution in [0.25, 0.3) is 0 Å². The monoisotopic (exact) mass is 471 g/mol. The Balaban J connectivity index is 1.63. The number of methoxy groups -OCH3 is 3. The van der Waals surface area contributed by atoms with Gasteiger partial charge in [0.05, 0.1) is 40.5 Å². The number of hydrogen-bond acceptors (Lipinski definition) is 7. The molecular weight excluding hydrogens is 434 g/mol. The van der Waals surface area contributed by atoms with Crippen molar-refractivity contribution in [1.82, 2.24) is 0 Å². The molecule has 186 valence electrons. The van der Waals surface area contributed by atoms with E-state index in [4.69, 9.17) is 29.4 Å². The molecule has 1 aliphatic heterocycles. The normalized spacial score (nSPS) is 17.4. The van der Waals surface area contributed by atoms with E-state index in [-0.39, 0.29) is 17.8 Å². The molecule has 1 heterocycles. The predicted octanol–water partition coefficient (Wildman–Crippen LogP) is 4.18. The number of esters is 1. The SMILES string of the molecule is COc1ccc(CC2COC(=O)C2Cc2ccc(OCCCCCCN)c(OC)c2)cc1OC. The fourth-order valence-corrected chi connectivity index (χ4v) is 4.36. The van der Waals surface area contributed by atoms with Crippen molar-refractivity contribution >= 4 is 5.97 Å². The van der Waals surface area contributed by atoms with Crippen LogP contribution in [0.2, 0.25) is 0 Å². The minimum atomic E-state index is -0.216. The van der Waals surface area contributed by atoms with Crippen molar-refractivity contribution in [1.29, 1.82) is 0 Å². The first kappa shape index (κ1) is 25.7. The number of hydrogen-bond donors (Lipinski definition) is 1. The molecule has 7 nitrogen and oxygen atoms in total. The van der Waals surface area contributed by atoms with Crippen molar-refractivity contribution in [2.24, 2.45) is 17.6 Å². The third kappa shape index (κ3) is 6.79. The topological polar surface area (TPSA) is 89.2 Å². The highest BCUT2D eigenvalue weighted by atomic mass is 16.5. The molecule has 0 aromatic heterocycles. The van der Waals surface area contributed by atoms with E-state index in [2.05, 4.69) is 0 Å². The number of ether oxygens (including phenoxy) is 5. The van der Waals surface area contributed by atoms with Gasteiger partial charge in [0.2, 0.25) is 0 Å². The Morgan fingerprint density at radius 3 is 2.12 bits per heavy atom. The number of carbonyl (C=O) groups is 1. The summed E-state index contributed by atoms with van der Waals surface area (Å²) >= 11 is 0. The largest absolute Gasteiger partial charge is 0.493 e. The van der Waals surface area contributed by atoms with Crippen LogP contribution < -0.4 is 24.7 Å². The Kier molecular flexibility index (Phi) is 9.89. The quantitative estimate of drug-likeness (QED) is 0.326. The summed E-state index contributed by atoms with van der Waals surface area (Å²) in [6.07, 6.45) is 5.57. The molecule has 0 bridgehead atoms. The van der Waals surface area contributed by atoms with Gasteiger partial charge in [0.1, 0.15) is 0 Å². The minimum absolute atomic E-state index is 0.0843. The zero-order valence-electron chi connectivity index (χ0n) is 20.5. The van der Waals surface area contributed by atoms with Crippen LogP contribution in [0.1, 0.15) is 36.8 Å². The molecule has 1 aliphatic rings. The zero-order valence-corrected chi connectivity index (χ0v) is 20.5. The lowest BCUT2D eigenvalue weighted by Gasteiger charge is -2.18. The molecule has 2 aromatic rings. The molecule has 2 unspecified atom stereocenters. The van der Waals surface area contributed by atoms with Crippen molar-refractivity contribution in [3.05, 3.63) is 47.5 Å². The van der Waals surface area contributed by atoms with Gasteiger partial charge >= 0.3 is 5.97 Å². The maximum Gasteiger partial charge on any atom is 0.309 e. The molecule has 1 fully saturated rings. The maximum atomic E-state index is 12.5. The molecule has 2 aromatic carbocycles. The molecule has 2 atom stereocenters. The van der Waals surface area contributed by atoms with Crippen LogP contribution >= 0.6 is 0 Å². The minimum Gasteiger partial charge on any atom is -0.493 e. The molecule has 0 aliphatic carbocycles. The standard InChI is InChI=1S/C27H37NO6/c1-30-23-10-8-19(16-25(23)31-2)14-21-18-34-27(29)22(21)15-20-9-11-24(26(17-20)32-3)33-13-7-5-4-6-12-28/h8-11,16-17,21-22H,4-7,12-15,18,28H2,1-3H3. The summed E-state index contributed by atoms with van der Waals surface area (Å²) in [7, 11) is 4.87. The number of carbonyl (C=O) groups excluding carboxylic acids is 1. The van der Waals surface area contributed by atoms with Gasteiger partial charge in [-0.3, -0.25) is 4.79 Å². The highest BCUT2D eigenvalue weighted by Gasteiger charge is 2.37. The summed E-state index contributed by atoms with van der Waals surface area (Å²) in [6.45, 7) is 1.79. The van der Waals surface area contributed by atoms with Gasteiger partial charge in [0.15, 0.2) is 23.0 Å². The van der Waals surface area contributed by atoms with Gasteiger partial charge in [-0.05, 0) is 67.6 Å². The van der Waals surface area contributed by atoms with Crippen molar-refractivity contribution < 1.29 is 28.5 Å². The van der Waals surface area contributed by atoms with Crippen LogP contribution in [0.15, 0.2) is 36.4 Å². The lowest BCUT2D eigenvalue weighted by molar-refractivity contribution is -0.141. The Bertz CT molecular complexity index is 931. The molecular formula is C27H37NO6. The van der Waals surface area contributed by atoms with Crippen LogP contribution in [-0.2, 0) is 22.4 Å². The number of cyclic esters (lactones) is 1. The van der Waals surface area contributed by atoms with Crippen LogP contribution in [0.3, 0.4) is 0 Å². The van der Waals surface area contributed by atoms with Crippen molar-refractivity contribution in [2.75, 3.05) is 41.1 Å². The van der Waals surface area contributed by atoms with Gasteiger partial charge < -0.3 is 29.4 Å². The fourth-order valence-electron chi connectivity index (χ4n) is 4.36. The van der Waals surface area contributed by atoms with Crippen molar-refractivity contribution in [3.63, 3.8) is 0 Å². The van der Waals surface area contributed by atoms with E-state index in [0.29, 0.717) is 36.9 Å². The molecule has 2 N–H and O–H groups in total. The lowest BCUT2D eigenvalue weighted by Crippen LogP contribution is -2.20. The van der Waals surface area contributed by atoms with Crippen LogP contribution in [0, 0.1) is 11.8 Å². The van der Waals surface area contributed by atoms with Gasteiger partial charge in [-0.2, -0.15) is 0 Å². The van der Waals surface area contributed by atoms with Gasteiger partial charge in [-0.1, -0.05) is 25.0 Å². The van der Waals surface area contributed by atoms with Gasteiger partial charge in [-0.25, -0.2) is 0 Å². The molecule has 0 spiro atoms. The van der Waals surface area contributed by atoms with E-state index in [1.54, 1.807) is 21.3 Å². The summed E-state index contributed by atoms with van der Waals surface area (Å²) in [5.74, 6) is 2.49. The molecule has 1 saturated heterocycles. The van der Waals surface area contributed by atoms with Crippen LogP contribution in [0.5, 0.6) is 23.0 Å². The highest BCUT2D eigenvalue weighted by Crippen LogP contribution is 2.35. The van der Waals surface area contributed by atoms with Gasteiger partial charge in [0, 0.05) is 5.92 Å². The lowest BCUT2D eigenvalue weighted by atomic mass is 9.85. The summed E-state index contributed by atoms with van der Waals surface area (Å²) in [5, 5.41) is 0. The first-order valence-corrected chi connectivity index (χ1v) is 12.0. The van der Waals surface area contributed by atoms with Crippen molar-refractivity contribution in [3.8, 4) is 23.0 Å². The Labute approximate surface area is 202 Å². The summed E-state index contributed by atoms with van der Waals surface area (Å²) in [5.41, 5.74) is 7.64. The zero-order chi connectivity index (χ0) is 24.3. The van der Waals surface area contributed by atoms with E-state index in [1.807, 2.05) is 36.4 Å². The Hall–Kier alpha value is -2.93. The van der Waals surface area contributed by atoms with E-state index < -0.39 is 0 Å². The third-order valence-electron chi connectivity index (χ3n) is 6.30. The number of nitrogens with two attached hydrogens (primary N) is 1. The first-order valence-electron chi connectivity index (χ1n) is 12.0.